The maximum Gasteiger partial charge on any atom is 0.262 e. The van der Waals surface area contributed by atoms with Crippen LogP contribution in [0.15, 0.2) is 47.0 Å². The monoisotopic (exact) mass is 418 g/mol. The molecule has 1 aliphatic rings. The largest absolute Gasteiger partial charge is 0.334 e. The van der Waals surface area contributed by atoms with Gasteiger partial charge < -0.3 is 9.84 Å². The van der Waals surface area contributed by atoms with Crippen LogP contribution in [0.25, 0.3) is 11.5 Å². The van der Waals surface area contributed by atoms with Crippen LogP contribution in [0.2, 0.25) is 0 Å². The van der Waals surface area contributed by atoms with Crippen LogP contribution in [0.3, 0.4) is 0 Å². The normalized spacial score (nSPS) is 14.2. The first-order chi connectivity index (χ1) is 14.8. The van der Waals surface area contributed by atoms with E-state index < -0.39 is 23.8 Å². The molecule has 8 nitrogen and oxygen atoms in total. The summed E-state index contributed by atoms with van der Waals surface area (Å²) in [7, 11) is 0. The summed E-state index contributed by atoms with van der Waals surface area (Å²) >= 11 is 0. The molecule has 0 aliphatic carbocycles. The van der Waals surface area contributed by atoms with Gasteiger partial charge >= 0.3 is 0 Å². The van der Waals surface area contributed by atoms with Crippen molar-refractivity contribution in [2.45, 2.75) is 39.7 Å². The fraction of sp³-hybridized carbons (Fsp3) is 0.261. The number of amides is 3. The van der Waals surface area contributed by atoms with E-state index in [4.69, 9.17) is 4.52 Å². The molecule has 31 heavy (non-hydrogen) atoms. The van der Waals surface area contributed by atoms with Gasteiger partial charge in [-0.25, -0.2) is 0 Å². The Morgan fingerprint density at radius 2 is 1.58 bits per heavy atom. The molecule has 0 saturated carbocycles. The van der Waals surface area contributed by atoms with E-state index in [1.165, 1.54) is 6.92 Å². The number of hydrogen-bond acceptors (Lipinski definition) is 6. The van der Waals surface area contributed by atoms with Gasteiger partial charge in [0, 0.05) is 5.92 Å². The van der Waals surface area contributed by atoms with Crippen molar-refractivity contribution in [3.05, 3.63) is 65.0 Å². The maximum atomic E-state index is 13.1. The summed E-state index contributed by atoms with van der Waals surface area (Å²) in [4.78, 5) is 43.9. The van der Waals surface area contributed by atoms with E-state index in [0.29, 0.717) is 28.2 Å². The first-order valence-electron chi connectivity index (χ1n) is 10.0. The zero-order valence-corrected chi connectivity index (χ0v) is 17.7. The number of aromatic nitrogens is 2. The SMILES string of the molecule is Cc1cccc(-c2nc(C(C)C)no2)c1NC(=O)C(C)N1C(=O)c2ccccc2C1=O. The molecule has 1 unspecified atom stereocenters. The molecule has 3 aromatic rings. The number of anilines is 1. The third-order valence-electron chi connectivity index (χ3n) is 5.30. The van der Waals surface area contributed by atoms with Crippen LogP contribution in [0.4, 0.5) is 5.69 Å². The van der Waals surface area contributed by atoms with Gasteiger partial charge in [-0.1, -0.05) is 43.3 Å². The fourth-order valence-electron chi connectivity index (χ4n) is 3.50. The van der Waals surface area contributed by atoms with Crippen LogP contribution in [0, 0.1) is 6.92 Å². The molecule has 1 atom stereocenters. The molecule has 0 saturated heterocycles. The van der Waals surface area contributed by atoms with Gasteiger partial charge in [0.05, 0.1) is 22.4 Å². The molecule has 1 aromatic heterocycles. The van der Waals surface area contributed by atoms with E-state index in [-0.39, 0.29) is 11.8 Å². The average Bonchev–Trinajstić information content (AvgIpc) is 3.33. The first kappa shape index (κ1) is 20.5. The number of rotatable bonds is 5. The number of benzene rings is 2. The number of para-hydroxylation sites is 1. The van der Waals surface area contributed by atoms with Crippen LogP contribution >= 0.6 is 0 Å². The number of hydrogen-bond donors (Lipinski definition) is 1. The Hall–Kier alpha value is -3.81. The summed E-state index contributed by atoms with van der Waals surface area (Å²) in [6.45, 7) is 7.28. The van der Waals surface area contributed by atoms with Crippen LogP contribution < -0.4 is 5.32 Å². The molecule has 8 heteroatoms. The summed E-state index contributed by atoms with van der Waals surface area (Å²) in [6.07, 6.45) is 0. The van der Waals surface area contributed by atoms with Crippen molar-refractivity contribution in [2.75, 3.05) is 5.32 Å². The lowest BCUT2D eigenvalue weighted by atomic mass is 10.1. The summed E-state index contributed by atoms with van der Waals surface area (Å²) in [5, 5.41) is 6.83. The number of carbonyl (C=O) groups excluding carboxylic acids is 3. The molecule has 0 bridgehead atoms. The van der Waals surface area contributed by atoms with Crippen LogP contribution in [0.1, 0.15) is 58.8 Å². The molecule has 158 valence electrons. The van der Waals surface area contributed by atoms with Gasteiger partial charge in [-0.15, -0.1) is 0 Å². The molecule has 0 radical (unpaired) electrons. The molecular formula is C23H22N4O4. The van der Waals surface area contributed by atoms with E-state index in [2.05, 4.69) is 15.5 Å². The Morgan fingerprint density at radius 3 is 2.16 bits per heavy atom. The summed E-state index contributed by atoms with van der Waals surface area (Å²) in [5.41, 5.74) is 2.45. The molecule has 3 amide bonds. The Bertz CT molecular complexity index is 1160. The van der Waals surface area contributed by atoms with Gasteiger partial charge in [0.2, 0.25) is 5.91 Å². The van der Waals surface area contributed by atoms with Crippen molar-refractivity contribution < 1.29 is 18.9 Å². The molecule has 2 aromatic carbocycles. The Morgan fingerprint density at radius 1 is 0.968 bits per heavy atom. The van der Waals surface area contributed by atoms with E-state index in [9.17, 15) is 14.4 Å². The highest BCUT2D eigenvalue weighted by molar-refractivity contribution is 6.23. The van der Waals surface area contributed by atoms with Gasteiger partial charge in [-0.2, -0.15) is 4.98 Å². The number of nitrogens with one attached hydrogen (secondary N) is 1. The Balaban J connectivity index is 1.62. The number of nitrogens with zero attached hydrogens (tertiary/aromatic N) is 3. The maximum absolute atomic E-state index is 13.1. The van der Waals surface area contributed by atoms with Crippen molar-refractivity contribution in [3.63, 3.8) is 0 Å². The van der Waals surface area contributed by atoms with Crippen LogP contribution in [-0.4, -0.2) is 38.8 Å². The van der Waals surface area contributed by atoms with Crippen molar-refractivity contribution in [1.82, 2.24) is 15.0 Å². The first-order valence-corrected chi connectivity index (χ1v) is 10.0. The van der Waals surface area contributed by atoms with Gasteiger partial charge in [0.15, 0.2) is 5.82 Å². The minimum atomic E-state index is -1.01. The standard InChI is InChI=1S/C23H22N4O4/c1-12(2)19-25-21(31-26-19)17-11-7-8-13(3)18(17)24-20(28)14(4)27-22(29)15-9-5-6-10-16(15)23(27)30/h5-12,14H,1-4H3,(H,24,28). The summed E-state index contributed by atoms with van der Waals surface area (Å²) in [6, 6.07) is 11.0. The third-order valence-corrected chi connectivity index (χ3v) is 5.30. The van der Waals surface area contributed by atoms with E-state index in [1.807, 2.05) is 32.9 Å². The predicted octanol–water partition coefficient (Wildman–Crippen LogP) is 3.79. The molecule has 0 spiro atoms. The van der Waals surface area contributed by atoms with Crippen molar-refractivity contribution in [3.8, 4) is 11.5 Å². The lowest BCUT2D eigenvalue weighted by Crippen LogP contribution is -2.45. The van der Waals surface area contributed by atoms with Gasteiger partial charge in [0.1, 0.15) is 6.04 Å². The second kappa shape index (κ2) is 7.79. The highest BCUT2D eigenvalue weighted by Crippen LogP contribution is 2.31. The average molecular weight is 418 g/mol. The van der Waals surface area contributed by atoms with Gasteiger partial charge in [-0.05, 0) is 37.6 Å². The lowest BCUT2D eigenvalue weighted by molar-refractivity contribution is -0.119. The highest BCUT2D eigenvalue weighted by Gasteiger charge is 2.40. The summed E-state index contributed by atoms with van der Waals surface area (Å²) in [5.74, 6) is -0.509. The molecular weight excluding hydrogens is 396 g/mol. The zero-order chi connectivity index (χ0) is 22.3. The van der Waals surface area contributed by atoms with Crippen LogP contribution in [-0.2, 0) is 4.79 Å². The van der Waals surface area contributed by atoms with Gasteiger partial charge in [-0.3, -0.25) is 19.3 Å². The second-order valence-electron chi connectivity index (χ2n) is 7.80. The van der Waals surface area contributed by atoms with Crippen molar-refractivity contribution in [2.24, 2.45) is 0 Å². The van der Waals surface area contributed by atoms with Crippen LogP contribution in [0.5, 0.6) is 0 Å². The lowest BCUT2D eigenvalue weighted by Gasteiger charge is -2.22. The minimum Gasteiger partial charge on any atom is -0.334 e. The fourth-order valence-corrected chi connectivity index (χ4v) is 3.50. The Kier molecular flexibility index (Phi) is 5.14. The third kappa shape index (κ3) is 3.50. The number of aryl methyl sites for hydroxylation is 1. The molecule has 4 rings (SSSR count). The minimum absolute atomic E-state index is 0.0918. The number of imide groups is 1. The molecule has 2 heterocycles. The predicted molar refractivity (Wildman–Crippen MR) is 114 cm³/mol. The number of fused-ring (bicyclic) bond motifs is 1. The second-order valence-corrected chi connectivity index (χ2v) is 7.80. The summed E-state index contributed by atoms with van der Waals surface area (Å²) < 4.78 is 5.39. The highest BCUT2D eigenvalue weighted by atomic mass is 16.5. The van der Waals surface area contributed by atoms with E-state index >= 15 is 0 Å². The van der Waals surface area contributed by atoms with Crippen molar-refractivity contribution in [1.29, 1.82) is 0 Å². The van der Waals surface area contributed by atoms with E-state index in [0.717, 1.165) is 10.5 Å². The zero-order valence-electron chi connectivity index (χ0n) is 17.7. The topological polar surface area (TPSA) is 105 Å². The molecule has 1 aliphatic heterocycles. The van der Waals surface area contributed by atoms with Gasteiger partial charge in [0.25, 0.3) is 17.7 Å². The molecule has 0 fully saturated rings. The Labute approximate surface area is 179 Å². The quantitative estimate of drug-likeness (QED) is 0.632. The van der Waals surface area contributed by atoms with E-state index in [1.54, 1.807) is 30.3 Å². The number of carbonyl (C=O) groups is 3. The van der Waals surface area contributed by atoms with Crippen molar-refractivity contribution >= 4 is 23.4 Å². The molecule has 1 N–H and O–H groups in total. The smallest absolute Gasteiger partial charge is 0.262 e.